The molecule has 1 aliphatic carbocycles. The van der Waals surface area contributed by atoms with E-state index in [0.29, 0.717) is 5.56 Å². The Balaban J connectivity index is 2.00. The minimum atomic E-state index is -0.827. The first kappa shape index (κ1) is 13.5. The van der Waals surface area contributed by atoms with Gasteiger partial charge >= 0.3 is 0 Å². The molecule has 2 atom stereocenters. The molecule has 2 nitrogen and oxygen atoms in total. The van der Waals surface area contributed by atoms with Gasteiger partial charge in [0, 0.05) is 23.4 Å². The fourth-order valence-electron chi connectivity index (χ4n) is 2.92. The van der Waals surface area contributed by atoms with Crippen molar-refractivity contribution in [3.63, 3.8) is 0 Å². The van der Waals surface area contributed by atoms with E-state index in [1.54, 1.807) is 18.3 Å². The van der Waals surface area contributed by atoms with Gasteiger partial charge < -0.3 is 5.11 Å². The average Bonchev–Trinajstić information content (AvgIpc) is 2.49. The van der Waals surface area contributed by atoms with Gasteiger partial charge in [0.1, 0.15) is 5.82 Å². The first-order valence-corrected chi connectivity index (χ1v) is 7.12. The quantitative estimate of drug-likeness (QED) is 0.906. The molecule has 1 aliphatic rings. The number of pyridine rings is 1. The number of nitrogens with zero attached hydrogens (tertiary/aromatic N) is 1. The lowest BCUT2D eigenvalue weighted by Crippen LogP contribution is -2.19. The molecule has 0 fully saturated rings. The van der Waals surface area contributed by atoms with Gasteiger partial charge in [-0.05, 0) is 37.0 Å². The van der Waals surface area contributed by atoms with Gasteiger partial charge in [0.05, 0.1) is 11.1 Å². The van der Waals surface area contributed by atoms with Crippen LogP contribution in [0.3, 0.4) is 0 Å². The molecule has 0 aliphatic heterocycles. The zero-order chi connectivity index (χ0) is 14.1. The smallest absolute Gasteiger partial charge is 0.142 e. The highest BCUT2D eigenvalue weighted by molar-refractivity contribution is 6.31. The van der Waals surface area contributed by atoms with Crippen LogP contribution in [0.2, 0.25) is 5.02 Å². The van der Waals surface area contributed by atoms with Crippen molar-refractivity contribution in [3.8, 4) is 0 Å². The van der Waals surface area contributed by atoms with E-state index in [9.17, 15) is 9.50 Å². The number of aliphatic hydroxyl groups is 1. The highest BCUT2D eigenvalue weighted by Gasteiger charge is 2.30. The Bertz CT molecular complexity index is 632. The lowest BCUT2D eigenvalue weighted by Gasteiger charge is -2.29. The predicted octanol–water partition coefficient (Wildman–Crippen LogP) is 4.03. The maximum atomic E-state index is 13.5. The molecule has 0 bridgehead atoms. The van der Waals surface area contributed by atoms with Gasteiger partial charge in [0.25, 0.3) is 0 Å². The maximum Gasteiger partial charge on any atom is 0.142 e. The van der Waals surface area contributed by atoms with Crippen LogP contribution in [0.5, 0.6) is 0 Å². The Morgan fingerprint density at radius 2 is 2.15 bits per heavy atom. The largest absolute Gasteiger partial charge is 0.388 e. The third-order valence-corrected chi connectivity index (χ3v) is 4.32. The molecule has 0 radical (unpaired) electrons. The normalized spacial score (nSPS) is 19.4. The van der Waals surface area contributed by atoms with Gasteiger partial charge in [-0.2, -0.15) is 0 Å². The monoisotopic (exact) mass is 291 g/mol. The van der Waals surface area contributed by atoms with Crippen LogP contribution in [-0.2, 0) is 6.42 Å². The van der Waals surface area contributed by atoms with Crippen LogP contribution >= 0.6 is 11.6 Å². The summed E-state index contributed by atoms with van der Waals surface area (Å²) in [5, 5.41) is 10.6. The van der Waals surface area contributed by atoms with Crippen LogP contribution in [0.1, 0.15) is 41.7 Å². The SMILES string of the molecule is OC(c1cccc(F)c1Cl)C1CCCc2cccnc21. The first-order chi connectivity index (χ1) is 9.68. The Kier molecular flexibility index (Phi) is 3.72. The molecule has 0 amide bonds. The van der Waals surface area contributed by atoms with Crippen molar-refractivity contribution in [3.05, 3.63) is 64.2 Å². The van der Waals surface area contributed by atoms with Crippen LogP contribution < -0.4 is 0 Å². The zero-order valence-corrected chi connectivity index (χ0v) is 11.6. The molecular weight excluding hydrogens is 277 g/mol. The molecule has 0 saturated heterocycles. The van der Waals surface area contributed by atoms with E-state index in [2.05, 4.69) is 4.98 Å². The Morgan fingerprint density at radius 1 is 1.30 bits per heavy atom. The molecule has 4 heteroatoms. The average molecular weight is 292 g/mol. The lowest BCUT2D eigenvalue weighted by molar-refractivity contribution is 0.133. The number of rotatable bonds is 2. The summed E-state index contributed by atoms with van der Waals surface area (Å²) in [5.41, 5.74) is 2.51. The van der Waals surface area contributed by atoms with Crippen LogP contribution in [0, 0.1) is 5.82 Å². The second-order valence-electron chi connectivity index (χ2n) is 5.13. The Hall–Kier alpha value is -1.45. The summed E-state index contributed by atoms with van der Waals surface area (Å²) >= 11 is 5.98. The third-order valence-electron chi connectivity index (χ3n) is 3.92. The van der Waals surface area contributed by atoms with Crippen LogP contribution in [0.25, 0.3) is 0 Å². The van der Waals surface area contributed by atoms with Gasteiger partial charge in [0.15, 0.2) is 0 Å². The number of benzene rings is 1. The number of fused-ring (bicyclic) bond motifs is 1. The molecule has 0 saturated carbocycles. The molecule has 104 valence electrons. The summed E-state index contributed by atoms with van der Waals surface area (Å²) in [7, 11) is 0. The predicted molar refractivity (Wildman–Crippen MR) is 76.3 cm³/mol. The zero-order valence-electron chi connectivity index (χ0n) is 10.9. The Labute approximate surface area is 122 Å². The third kappa shape index (κ3) is 2.32. The molecule has 3 rings (SSSR count). The number of aromatic nitrogens is 1. The van der Waals surface area contributed by atoms with Crippen molar-refractivity contribution < 1.29 is 9.50 Å². The van der Waals surface area contributed by atoms with Crippen molar-refractivity contribution in [1.29, 1.82) is 0 Å². The van der Waals surface area contributed by atoms with Gasteiger partial charge in [-0.25, -0.2) is 4.39 Å². The van der Waals surface area contributed by atoms with Gasteiger partial charge in [-0.3, -0.25) is 4.98 Å². The molecule has 2 aromatic rings. The van der Waals surface area contributed by atoms with Crippen LogP contribution in [0.4, 0.5) is 4.39 Å². The number of aryl methyl sites for hydroxylation is 1. The molecule has 2 unspecified atom stereocenters. The second-order valence-corrected chi connectivity index (χ2v) is 5.51. The van der Waals surface area contributed by atoms with Gasteiger partial charge in [0.2, 0.25) is 0 Å². The molecular formula is C16H15ClFNO. The summed E-state index contributed by atoms with van der Waals surface area (Å²) < 4.78 is 13.5. The van der Waals surface area contributed by atoms with Crippen molar-refractivity contribution in [2.45, 2.75) is 31.3 Å². The van der Waals surface area contributed by atoms with E-state index in [1.807, 2.05) is 12.1 Å². The summed E-state index contributed by atoms with van der Waals surface area (Å²) in [6.07, 6.45) is 3.71. The van der Waals surface area contributed by atoms with E-state index < -0.39 is 11.9 Å². The number of hydrogen-bond acceptors (Lipinski definition) is 2. The topological polar surface area (TPSA) is 33.1 Å². The maximum absolute atomic E-state index is 13.5. The standard InChI is InChI=1S/C16H15ClFNO/c17-14-11(6-2-8-13(14)18)16(20)12-7-1-4-10-5-3-9-19-15(10)12/h2-3,5-6,8-9,12,16,20H,1,4,7H2. The van der Waals surface area contributed by atoms with E-state index in [-0.39, 0.29) is 10.9 Å². The molecule has 1 aromatic heterocycles. The summed E-state index contributed by atoms with van der Waals surface area (Å²) in [6.45, 7) is 0. The van der Waals surface area contributed by atoms with E-state index in [1.165, 1.54) is 6.07 Å². The molecule has 20 heavy (non-hydrogen) atoms. The molecule has 1 aromatic carbocycles. The minimum absolute atomic E-state index is 0.00283. The van der Waals surface area contributed by atoms with Gasteiger partial charge in [-0.1, -0.05) is 29.8 Å². The number of aliphatic hydroxyl groups excluding tert-OH is 1. The summed E-state index contributed by atoms with van der Waals surface area (Å²) in [5.74, 6) is -0.625. The van der Waals surface area contributed by atoms with Crippen molar-refractivity contribution >= 4 is 11.6 Å². The fourth-order valence-corrected chi connectivity index (χ4v) is 3.16. The van der Waals surface area contributed by atoms with Crippen molar-refractivity contribution in [2.24, 2.45) is 0 Å². The minimum Gasteiger partial charge on any atom is -0.388 e. The number of hydrogen-bond donors (Lipinski definition) is 1. The molecule has 1 N–H and O–H groups in total. The van der Waals surface area contributed by atoms with Crippen LogP contribution in [0.15, 0.2) is 36.5 Å². The van der Waals surface area contributed by atoms with Gasteiger partial charge in [-0.15, -0.1) is 0 Å². The summed E-state index contributed by atoms with van der Waals surface area (Å²) in [6, 6.07) is 8.48. The van der Waals surface area contributed by atoms with Crippen molar-refractivity contribution in [2.75, 3.05) is 0 Å². The molecule has 0 spiro atoms. The van der Waals surface area contributed by atoms with Crippen molar-refractivity contribution in [1.82, 2.24) is 4.98 Å². The fraction of sp³-hybridized carbons (Fsp3) is 0.312. The van der Waals surface area contributed by atoms with E-state index in [0.717, 1.165) is 30.5 Å². The van der Waals surface area contributed by atoms with Crippen LogP contribution in [-0.4, -0.2) is 10.1 Å². The van der Waals surface area contributed by atoms with E-state index >= 15 is 0 Å². The highest BCUT2D eigenvalue weighted by atomic mass is 35.5. The number of halogens is 2. The first-order valence-electron chi connectivity index (χ1n) is 6.74. The Morgan fingerprint density at radius 3 is 3.00 bits per heavy atom. The summed E-state index contributed by atoms with van der Waals surface area (Å²) in [4.78, 5) is 4.40. The lowest BCUT2D eigenvalue weighted by atomic mass is 9.81. The van der Waals surface area contributed by atoms with E-state index in [4.69, 9.17) is 11.6 Å². The molecule has 1 heterocycles. The highest BCUT2D eigenvalue weighted by Crippen LogP contribution is 2.41. The second kappa shape index (κ2) is 5.51.